The Morgan fingerprint density at radius 2 is 1.28 bits per heavy atom. The van der Waals surface area contributed by atoms with E-state index in [9.17, 15) is 19.2 Å². The number of carbonyl (C=O) groups is 4. The van der Waals surface area contributed by atoms with E-state index >= 15 is 8.78 Å². The molecule has 2 saturated heterocycles. The third kappa shape index (κ3) is 8.69. The van der Waals surface area contributed by atoms with Crippen LogP contribution in [-0.4, -0.2) is 110 Å². The van der Waals surface area contributed by atoms with E-state index in [0.717, 1.165) is 38.2 Å². The number of alkyl carbamates (subject to hydrolysis) is 2. The van der Waals surface area contributed by atoms with Crippen molar-refractivity contribution in [3.8, 4) is 39.5 Å². The Morgan fingerprint density at radius 1 is 0.739 bits per heavy atom. The van der Waals surface area contributed by atoms with Gasteiger partial charge in [0.25, 0.3) is 0 Å². The SMILES string of the molecule is COC(=O)N[C@H](C(=O)N1C[C@H](F)C[C@H]1c1ncc(-c2ccc3c(c2)O[C@@H](c2ccc(C4CC4)s2)n2c-3cc3cc(-c4cnc([C@@H]5C[C@@H](F)CN5C(=O)[C@@H](NC(=O)OC)C(C)C)[nH]4)ccc32)[nH]1)C(C)C. The zero-order valence-electron chi connectivity index (χ0n) is 39.1. The van der Waals surface area contributed by atoms with Gasteiger partial charge in [-0.2, -0.15) is 0 Å². The summed E-state index contributed by atoms with van der Waals surface area (Å²) in [7, 11) is 2.46. The molecule has 69 heavy (non-hydrogen) atoms. The first-order valence-electron chi connectivity index (χ1n) is 23.4. The fourth-order valence-corrected chi connectivity index (χ4v) is 11.1. The summed E-state index contributed by atoms with van der Waals surface area (Å²) < 4.78 is 48.9. The highest BCUT2D eigenvalue weighted by Crippen LogP contribution is 2.50. The molecular weight excluding hydrogens is 909 g/mol. The molecule has 3 aliphatic heterocycles. The van der Waals surface area contributed by atoms with Crippen LogP contribution in [0.4, 0.5) is 18.4 Å². The minimum atomic E-state index is -1.27. The zero-order valence-corrected chi connectivity index (χ0v) is 39.9. The number of ether oxygens (including phenoxy) is 3. The normalized spacial score (nSPS) is 21.8. The number of rotatable bonds is 12. The summed E-state index contributed by atoms with van der Waals surface area (Å²) in [5.74, 6) is 0.784. The van der Waals surface area contributed by atoms with Crippen LogP contribution in [-0.2, 0) is 19.1 Å². The van der Waals surface area contributed by atoms with E-state index in [4.69, 9.17) is 14.2 Å². The molecule has 10 rings (SSSR count). The number of halogens is 2. The van der Waals surface area contributed by atoms with Gasteiger partial charge in [0.1, 0.15) is 41.8 Å². The smallest absolute Gasteiger partial charge is 0.407 e. The second-order valence-corrected chi connectivity index (χ2v) is 20.3. The van der Waals surface area contributed by atoms with Crippen LogP contribution in [0.1, 0.15) is 99.0 Å². The lowest BCUT2D eigenvalue weighted by atomic mass is 10.0. The van der Waals surface area contributed by atoms with Crippen molar-refractivity contribution >= 4 is 46.2 Å². The van der Waals surface area contributed by atoms with Crippen molar-refractivity contribution in [1.29, 1.82) is 0 Å². The number of fused-ring (bicyclic) bond motifs is 5. The summed E-state index contributed by atoms with van der Waals surface area (Å²) >= 11 is 1.76. The van der Waals surface area contributed by atoms with Crippen molar-refractivity contribution in [3.63, 3.8) is 0 Å². The zero-order chi connectivity index (χ0) is 48.4. The number of carbonyl (C=O) groups excluding carboxylic acids is 4. The highest BCUT2D eigenvalue weighted by atomic mass is 32.1. The van der Waals surface area contributed by atoms with Gasteiger partial charge in [0.05, 0.1) is 79.3 Å². The van der Waals surface area contributed by atoms with E-state index in [1.54, 1.807) is 23.7 Å². The highest BCUT2D eigenvalue weighted by molar-refractivity contribution is 7.12. The second kappa shape index (κ2) is 18.3. The van der Waals surface area contributed by atoms with E-state index in [0.29, 0.717) is 34.7 Å². The Labute approximate surface area is 401 Å². The number of nitrogens with zero attached hydrogens (tertiary/aromatic N) is 5. The quantitative estimate of drug-likeness (QED) is 0.0928. The molecule has 1 saturated carbocycles. The van der Waals surface area contributed by atoms with E-state index in [-0.39, 0.29) is 37.8 Å². The lowest BCUT2D eigenvalue weighted by molar-refractivity contribution is -0.136. The molecule has 2 aromatic carbocycles. The first-order chi connectivity index (χ1) is 33.2. The molecule has 4 N–H and O–H groups in total. The van der Waals surface area contributed by atoms with Gasteiger partial charge in [0.15, 0.2) is 0 Å². The van der Waals surface area contributed by atoms with Gasteiger partial charge in [-0.05, 0) is 73.1 Å². The maximum absolute atomic E-state index is 15.1. The van der Waals surface area contributed by atoms with E-state index in [1.807, 2.05) is 52.0 Å². The Morgan fingerprint density at radius 3 is 1.81 bits per heavy atom. The van der Waals surface area contributed by atoms with Gasteiger partial charge in [0, 0.05) is 39.8 Å². The Kier molecular flexibility index (Phi) is 12.2. The number of benzene rings is 2. The molecule has 362 valence electrons. The fourth-order valence-electron chi connectivity index (χ4n) is 9.95. The number of imidazole rings is 2. The van der Waals surface area contributed by atoms with Crippen molar-refractivity contribution < 1.29 is 42.2 Å². The summed E-state index contributed by atoms with van der Waals surface area (Å²) in [6, 6.07) is 15.5. The summed E-state index contributed by atoms with van der Waals surface area (Å²) in [6.07, 6.45) is 1.39. The molecule has 7 heterocycles. The lowest BCUT2D eigenvalue weighted by Crippen LogP contribution is -2.51. The number of thiophene rings is 1. The van der Waals surface area contributed by atoms with Crippen LogP contribution < -0.4 is 15.4 Å². The van der Waals surface area contributed by atoms with Gasteiger partial charge < -0.3 is 44.6 Å². The number of aromatic nitrogens is 5. The number of nitrogens with one attached hydrogen (secondary N) is 4. The lowest BCUT2D eigenvalue weighted by Gasteiger charge is -2.30. The van der Waals surface area contributed by atoms with Gasteiger partial charge in [-0.1, -0.05) is 39.8 Å². The molecule has 0 bridgehead atoms. The largest absolute Gasteiger partial charge is 0.464 e. The average molecular weight is 964 g/mol. The fraction of sp³-hybridized carbons (Fsp3) is 0.440. The first kappa shape index (κ1) is 46.0. The highest BCUT2D eigenvalue weighted by Gasteiger charge is 2.43. The minimum Gasteiger partial charge on any atom is -0.464 e. The number of H-pyrrole nitrogens is 2. The molecule has 0 spiro atoms. The standard InChI is InChI=1S/C50H55F2N9O7S/c1-24(2)42(57-49(64)66-5)46(62)59-22-30(51)18-37(59)44-53-20-33(55-44)27-10-12-35-29(15-27)16-36-32-11-9-28(17-39(32)68-48(61(35)36)41-14-13-40(69-41)26-7-8-26)34-21-54-45(56-34)38-19-31(52)23-60(38)47(63)43(25(3)4)58-50(65)67-6/h9-17,20-21,24-26,30-31,37-38,42-43,48H,7-8,18-19,22-23H2,1-6H3,(H,53,55)(H,54,56)(H,57,64)(H,58,65)/t30-,31-,37+,38+,42+,43+,48+/m1/s1. The summed E-state index contributed by atoms with van der Waals surface area (Å²) in [5, 5.41) is 6.18. The average Bonchev–Trinajstić information content (AvgIpc) is 4.00. The molecular formula is C50H55F2N9O7S. The van der Waals surface area contributed by atoms with Crippen molar-refractivity contribution in [3.05, 3.63) is 88.4 Å². The van der Waals surface area contributed by atoms with Crippen LogP contribution in [0.5, 0.6) is 5.75 Å². The number of hydrogen-bond acceptors (Lipinski definition) is 10. The predicted molar refractivity (Wildman–Crippen MR) is 254 cm³/mol. The maximum atomic E-state index is 15.1. The van der Waals surface area contributed by atoms with Gasteiger partial charge in [-0.15, -0.1) is 11.3 Å². The minimum absolute atomic E-state index is 0.0599. The van der Waals surface area contributed by atoms with Gasteiger partial charge >= 0.3 is 12.2 Å². The molecule has 1 aliphatic carbocycles. The van der Waals surface area contributed by atoms with Crippen LogP contribution in [0.3, 0.4) is 0 Å². The molecule has 6 aromatic rings. The Hall–Kier alpha value is -6.76. The summed E-state index contributed by atoms with van der Waals surface area (Å²) in [5.41, 5.74) is 5.81. The number of likely N-dealkylation sites (tertiary alicyclic amines) is 2. The topological polar surface area (TPSA) is 189 Å². The number of methoxy groups -OCH3 is 2. The Balaban J connectivity index is 0.955. The second-order valence-electron chi connectivity index (χ2n) is 19.1. The monoisotopic (exact) mass is 963 g/mol. The molecule has 16 nitrogen and oxygen atoms in total. The van der Waals surface area contributed by atoms with Gasteiger partial charge in [-0.3, -0.25) is 14.2 Å². The first-order valence-corrected chi connectivity index (χ1v) is 24.3. The predicted octanol–water partition coefficient (Wildman–Crippen LogP) is 8.95. The third-order valence-corrected chi connectivity index (χ3v) is 15.0. The molecule has 0 unspecified atom stereocenters. The molecule has 4 aliphatic rings. The van der Waals surface area contributed by atoms with Crippen LogP contribution in [0.15, 0.2) is 67.0 Å². The molecule has 4 aromatic heterocycles. The van der Waals surface area contributed by atoms with Crippen molar-refractivity contribution in [1.82, 2.24) is 44.9 Å². The maximum Gasteiger partial charge on any atom is 0.407 e. The number of hydrogen-bond donors (Lipinski definition) is 4. The number of alkyl halides is 2. The molecule has 0 radical (unpaired) electrons. The van der Waals surface area contributed by atoms with Gasteiger partial charge in [0.2, 0.25) is 18.0 Å². The summed E-state index contributed by atoms with van der Waals surface area (Å²) in [6.45, 7) is 7.00. The summed E-state index contributed by atoms with van der Waals surface area (Å²) in [4.78, 5) is 73.2. The number of amides is 4. The molecule has 4 amide bonds. The van der Waals surface area contributed by atoms with Gasteiger partial charge in [-0.25, -0.2) is 28.3 Å². The van der Waals surface area contributed by atoms with E-state index in [2.05, 4.69) is 65.5 Å². The number of aromatic amines is 2. The molecule has 19 heteroatoms. The van der Waals surface area contributed by atoms with Crippen LogP contribution in [0.25, 0.3) is 44.7 Å². The third-order valence-electron chi connectivity index (χ3n) is 13.7. The van der Waals surface area contributed by atoms with Crippen LogP contribution in [0.2, 0.25) is 0 Å². The van der Waals surface area contributed by atoms with Crippen molar-refractivity contribution in [2.45, 2.75) is 102 Å². The van der Waals surface area contributed by atoms with Crippen molar-refractivity contribution in [2.24, 2.45) is 11.8 Å². The molecule has 3 fully saturated rings. The van der Waals surface area contributed by atoms with E-state index in [1.165, 1.54) is 41.7 Å². The van der Waals surface area contributed by atoms with Crippen LogP contribution >= 0.6 is 11.3 Å². The van der Waals surface area contributed by atoms with E-state index < -0.39 is 66.7 Å². The molecule has 7 atom stereocenters. The Bertz CT molecular complexity index is 2940. The van der Waals surface area contributed by atoms with Crippen LogP contribution in [0, 0.1) is 11.8 Å². The van der Waals surface area contributed by atoms with Crippen molar-refractivity contribution in [2.75, 3.05) is 27.3 Å².